The van der Waals surface area contributed by atoms with Crippen LogP contribution in [0.2, 0.25) is 5.15 Å². The lowest BCUT2D eigenvalue weighted by Gasteiger charge is -2.00. The second kappa shape index (κ2) is 4.33. The molecule has 0 aliphatic rings. The van der Waals surface area contributed by atoms with E-state index in [9.17, 15) is 0 Å². The van der Waals surface area contributed by atoms with Crippen LogP contribution >= 0.6 is 27.5 Å². The van der Waals surface area contributed by atoms with E-state index < -0.39 is 0 Å². The van der Waals surface area contributed by atoms with Crippen molar-refractivity contribution in [1.29, 1.82) is 0 Å². The fourth-order valence-electron chi connectivity index (χ4n) is 1.24. The van der Waals surface area contributed by atoms with Gasteiger partial charge >= 0.3 is 0 Å². The van der Waals surface area contributed by atoms with Gasteiger partial charge in [-0.1, -0.05) is 41.4 Å². The maximum atomic E-state index is 5.78. The third-order valence-corrected chi connectivity index (χ3v) is 3.04. The van der Waals surface area contributed by atoms with Gasteiger partial charge < -0.3 is 0 Å². The van der Waals surface area contributed by atoms with Crippen molar-refractivity contribution < 1.29 is 0 Å². The van der Waals surface area contributed by atoms with Gasteiger partial charge in [0, 0.05) is 0 Å². The van der Waals surface area contributed by atoms with Gasteiger partial charge in [-0.3, -0.25) is 0 Å². The summed E-state index contributed by atoms with van der Waals surface area (Å²) in [4.78, 5) is 1.57. The average molecular weight is 287 g/mol. The van der Waals surface area contributed by atoms with Gasteiger partial charge in [-0.15, -0.1) is 10.2 Å². The Labute approximate surface area is 101 Å². The second-order valence-electron chi connectivity index (χ2n) is 3.30. The normalized spacial score (nSPS) is 10.6. The van der Waals surface area contributed by atoms with E-state index >= 15 is 0 Å². The summed E-state index contributed by atoms with van der Waals surface area (Å²) >= 11 is 8.99. The number of rotatable bonds is 2. The van der Waals surface area contributed by atoms with Crippen molar-refractivity contribution in [3.05, 3.63) is 45.1 Å². The minimum absolute atomic E-state index is 0.391. The van der Waals surface area contributed by atoms with E-state index in [4.69, 9.17) is 11.6 Å². The Morgan fingerprint density at radius 2 is 1.93 bits per heavy atom. The molecule has 0 aliphatic carbocycles. The Morgan fingerprint density at radius 3 is 2.47 bits per heavy atom. The highest BCUT2D eigenvalue weighted by molar-refractivity contribution is 9.10. The van der Waals surface area contributed by atoms with Crippen molar-refractivity contribution >= 4 is 27.5 Å². The van der Waals surface area contributed by atoms with E-state index in [0.29, 0.717) is 16.3 Å². The van der Waals surface area contributed by atoms with Crippen molar-refractivity contribution in [2.45, 2.75) is 13.5 Å². The smallest absolute Gasteiger partial charge is 0.178 e. The standard InChI is InChI=1S/C10H9BrClN3/c1-7-2-4-8(5-3-7)6-15-13-9(11)10(12)14-15/h2-5H,6H2,1H3. The molecule has 0 saturated carbocycles. The Hall–Kier alpha value is -0.870. The zero-order chi connectivity index (χ0) is 10.8. The summed E-state index contributed by atoms with van der Waals surface area (Å²) in [5, 5.41) is 8.56. The molecule has 3 nitrogen and oxygen atoms in total. The number of halogens is 2. The van der Waals surface area contributed by atoms with Gasteiger partial charge in [0.15, 0.2) is 9.76 Å². The average Bonchev–Trinajstić information content (AvgIpc) is 2.50. The largest absolute Gasteiger partial charge is 0.185 e. The molecule has 0 N–H and O–H groups in total. The van der Waals surface area contributed by atoms with Gasteiger partial charge in [-0.05, 0) is 28.4 Å². The highest BCUT2D eigenvalue weighted by atomic mass is 79.9. The zero-order valence-electron chi connectivity index (χ0n) is 8.11. The Bertz CT molecular complexity index is 445. The van der Waals surface area contributed by atoms with Gasteiger partial charge in [0.25, 0.3) is 0 Å². The van der Waals surface area contributed by atoms with Crippen LogP contribution in [-0.4, -0.2) is 15.0 Å². The molecular weight excluding hydrogens is 277 g/mol. The molecule has 5 heteroatoms. The highest BCUT2D eigenvalue weighted by Gasteiger charge is 2.05. The second-order valence-corrected chi connectivity index (χ2v) is 4.41. The summed E-state index contributed by atoms with van der Waals surface area (Å²) in [6.45, 7) is 2.69. The highest BCUT2D eigenvalue weighted by Crippen LogP contribution is 2.16. The molecule has 1 heterocycles. The Balaban J connectivity index is 2.18. The minimum Gasteiger partial charge on any atom is -0.178 e. The van der Waals surface area contributed by atoms with Crippen LogP contribution in [-0.2, 0) is 6.54 Å². The van der Waals surface area contributed by atoms with Crippen LogP contribution < -0.4 is 0 Å². The summed E-state index contributed by atoms with van der Waals surface area (Å²) in [5.74, 6) is 0. The molecule has 1 aromatic heterocycles. The third kappa shape index (κ3) is 2.58. The first kappa shape index (κ1) is 10.6. The van der Waals surface area contributed by atoms with Gasteiger partial charge in [-0.2, -0.15) is 4.80 Å². The number of benzene rings is 1. The Morgan fingerprint density at radius 1 is 1.27 bits per heavy atom. The van der Waals surface area contributed by atoms with Crippen LogP contribution in [0.1, 0.15) is 11.1 Å². The van der Waals surface area contributed by atoms with Crippen LogP contribution in [0, 0.1) is 6.92 Å². The van der Waals surface area contributed by atoms with Crippen molar-refractivity contribution in [3.63, 3.8) is 0 Å². The lowest BCUT2D eigenvalue weighted by molar-refractivity contribution is 0.589. The fraction of sp³-hybridized carbons (Fsp3) is 0.200. The van der Waals surface area contributed by atoms with E-state index in [2.05, 4.69) is 57.3 Å². The molecule has 0 saturated heterocycles. The summed E-state index contributed by atoms with van der Waals surface area (Å²) in [6.07, 6.45) is 0. The predicted molar refractivity (Wildman–Crippen MR) is 63.0 cm³/mol. The molecule has 0 aliphatic heterocycles. The van der Waals surface area contributed by atoms with E-state index in [1.165, 1.54) is 5.56 Å². The van der Waals surface area contributed by atoms with Crippen LogP contribution in [0.25, 0.3) is 0 Å². The first-order valence-corrected chi connectivity index (χ1v) is 5.64. The first-order chi connectivity index (χ1) is 7.15. The molecule has 0 bridgehead atoms. The van der Waals surface area contributed by atoms with Crippen LogP contribution in [0.15, 0.2) is 28.9 Å². The molecule has 0 atom stereocenters. The van der Waals surface area contributed by atoms with Gasteiger partial charge in [0.05, 0.1) is 6.54 Å². The van der Waals surface area contributed by atoms with E-state index in [-0.39, 0.29) is 0 Å². The lowest BCUT2D eigenvalue weighted by atomic mass is 10.1. The molecule has 1 aromatic carbocycles. The van der Waals surface area contributed by atoms with Gasteiger partial charge in [0.2, 0.25) is 0 Å². The molecule has 0 amide bonds. The molecule has 2 rings (SSSR count). The molecule has 2 aromatic rings. The lowest BCUT2D eigenvalue weighted by Crippen LogP contribution is -2.03. The summed E-state index contributed by atoms with van der Waals surface area (Å²) in [5.41, 5.74) is 2.39. The first-order valence-electron chi connectivity index (χ1n) is 4.47. The SMILES string of the molecule is Cc1ccc(Cn2nc(Cl)c(Br)n2)cc1. The molecule has 78 valence electrons. The molecule has 15 heavy (non-hydrogen) atoms. The minimum atomic E-state index is 0.391. The monoisotopic (exact) mass is 285 g/mol. The maximum Gasteiger partial charge on any atom is 0.185 e. The van der Waals surface area contributed by atoms with E-state index in [1.807, 2.05) is 0 Å². The fourth-order valence-corrected chi connectivity index (χ4v) is 1.62. The van der Waals surface area contributed by atoms with Crippen LogP contribution in [0.3, 0.4) is 0 Å². The molecule has 0 spiro atoms. The maximum absolute atomic E-state index is 5.78. The van der Waals surface area contributed by atoms with Gasteiger partial charge in [0.1, 0.15) is 0 Å². The number of aromatic nitrogens is 3. The molecule has 0 radical (unpaired) electrons. The van der Waals surface area contributed by atoms with Crippen molar-refractivity contribution in [2.75, 3.05) is 0 Å². The molecule has 0 fully saturated rings. The summed E-state index contributed by atoms with van der Waals surface area (Å²) in [7, 11) is 0. The number of nitrogens with zero attached hydrogens (tertiary/aromatic N) is 3. The van der Waals surface area contributed by atoms with E-state index in [0.717, 1.165) is 5.56 Å². The summed E-state index contributed by atoms with van der Waals surface area (Å²) < 4.78 is 0.580. The summed E-state index contributed by atoms with van der Waals surface area (Å²) in [6, 6.07) is 8.24. The van der Waals surface area contributed by atoms with E-state index in [1.54, 1.807) is 4.80 Å². The van der Waals surface area contributed by atoms with Gasteiger partial charge in [-0.25, -0.2) is 0 Å². The van der Waals surface area contributed by atoms with Crippen LogP contribution in [0.4, 0.5) is 0 Å². The predicted octanol–water partition coefficient (Wildman–Crippen LogP) is 3.05. The molecular formula is C10H9BrClN3. The number of hydrogen-bond acceptors (Lipinski definition) is 2. The number of aryl methyl sites for hydroxylation is 1. The number of hydrogen-bond donors (Lipinski definition) is 0. The zero-order valence-corrected chi connectivity index (χ0v) is 10.5. The topological polar surface area (TPSA) is 30.7 Å². The van der Waals surface area contributed by atoms with Crippen LogP contribution in [0.5, 0.6) is 0 Å². The van der Waals surface area contributed by atoms with Crippen molar-refractivity contribution in [3.8, 4) is 0 Å². The molecule has 0 unspecified atom stereocenters. The van der Waals surface area contributed by atoms with Crippen molar-refractivity contribution in [1.82, 2.24) is 15.0 Å². The van der Waals surface area contributed by atoms with Crippen molar-refractivity contribution in [2.24, 2.45) is 0 Å². The quantitative estimate of drug-likeness (QED) is 0.849. The third-order valence-electron chi connectivity index (χ3n) is 2.02. The Kier molecular flexibility index (Phi) is 3.07.